The molecule has 1 aromatic carbocycles. The van der Waals surface area contributed by atoms with Crippen LogP contribution in [0.4, 0.5) is 0 Å². The highest BCUT2D eigenvalue weighted by Crippen LogP contribution is 2.60. The second kappa shape index (κ2) is 6.47. The van der Waals surface area contributed by atoms with Gasteiger partial charge in [-0.05, 0) is 73.1 Å². The molecule has 0 radical (unpaired) electrons. The maximum Gasteiger partial charge on any atom is 0.308 e. The van der Waals surface area contributed by atoms with Crippen molar-refractivity contribution in [2.45, 2.75) is 64.9 Å². The minimum absolute atomic E-state index is 0.108. The van der Waals surface area contributed by atoms with Gasteiger partial charge in [-0.25, -0.2) is 0 Å². The van der Waals surface area contributed by atoms with E-state index >= 15 is 0 Å². The number of benzene rings is 1. The Morgan fingerprint density at radius 3 is 2.63 bits per heavy atom. The lowest BCUT2D eigenvalue weighted by Gasteiger charge is -2.48. The molecule has 0 N–H and O–H groups in total. The van der Waals surface area contributed by atoms with E-state index in [1.54, 1.807) is 0 Å². The van der Waals surface area contributed by atoms with Crippen LogP contribution in [0.5, 0.6) is 5.75 Å². The molecule has 0 saturated heterocycles. The molecule has 3 aliphatic carbocycles. The van der Waals surface area contributed by atoms with Crippen LogP contribution in [-0.4, -0.2) is 23.8 Å². The number of carbonyl (C=O) groups is 3. The molecule has 27 heavy (non-hydrogen) atoms. The van der Waals surface area contributed by atoms with Crippen molar-refractivity contribution < 1.29 is 23.9 Å². The molecule has 0 bridgehead atoms. The molecule has 5 heteroatoms. The Morgan fingerprint density at radius 1 is 1.15 bits per heavy atom. The Hall–Kier alpha value is -2.17. The van der Waals surface area contributed by atoms with Crippen LogP contribution in [0, 0.1) is 17.3 Å². The number of fused-ring (bicyclic) bond motifs is 5. The van der Waals surface area contributed by atoms with Crippen molar-refractivity contribution in [3.63, 3.8) is 0 Å². The van der Waals surface area contributed by atoms with Gasteiger partial charge in [0.1, 0.15) is 5.75 Å². The average molecular weight is 370 g/mol. The highest BCUT2D eigenvalue weighted by atomic mass is 16.5. The second-order valence-electron chi connectivity index (χ2n) is 8.52. The number of carbonyl (C=O) groups excluding carboxylic acids is 3. The highest BCUT2D eigenvalue weighted by molar-refractivity contribution is 5.93. The summed E-state index contributed by atoms with van der Waals surface area (Å²) >= 11 is 0. The van der Waals surface area contributed by atoms with Crippen LogP contribution in [-0.2, 0) is 25.5 Å². The van der Waals surface area contributed by atoms with E-state index in [4.69, 9.17) is 9.47 Å². The Labute approximate surface area is 159 Å². The molecule has 2 saturated carbocycles. The number of ether oxygens (including phenoxy) is 2. The van der Waals surface area contributed by atoms with Gasteiger partial charge in [-0.1, -0.05) is 13.0 Å². The molecule has 5 atom stereocenters. The van der Waals surface area contributed by atoms with Crippen LogP contribution in [0.2, 0.25) is 0 Å². The molecule has 3 aliphatic rings. The maximum absolute atomic E-state index is 12.9. The molecular formula is C22H26O5. The molecular weight excluding hydrogens is 344 g/mol. The van der Waals surface area contributed by atoms with E-state index in [1.807, 2.05) is 12.1 Å². The van der Waals surface area contributed by atoms with Crippen LogP contribution in [0.15, 0.2) is 18.2 Å². The average Bonchev–Trinajstić information content (AvgIpc) is 2.85. The number of esters is 2. The summed E-state index contributed by atoms with van der Waals surface area (Å²) < 4.78 is 10.6. The number of hydrogen-bond acceptors (Lipinski definition) is 5. The summed E-state index contributed by atoms with van der Waals surface area (Å²) in [4.78, 5) is 35.6. The first-order chi connectivity index (χ1) is 12.8. The summed E-state index contributed by atoms with van der Waals surface area (Å²) in [5.41, 5.74) is 2.20. The molecule has 4 unspecified atom stereocenters. The van der Waals surface area contributed by atoms with Gasteiger partial charge in [0.25, 0.3) is 0 Å². The van der Waals surface area contributed by atoms with Gasteiger partial charge >= 0.3 is 11.9 Å². The van der Waals surface area contributed by atoms with Crippen LogP contribution in [0.1, 0.15) is 63.5 Å². The summed E-state index contributed by atoms with van der Waals surface area (Å²) in [6.45, 7) is 4.85. The van der Waals surface area contributed by atoms with E-state index in [0.29, 0.717) is 24.0 Å². The molecule has 0 amide bonds. The smallest absolute Gasteiger partial charge is 0.308 e. The van der Waals surface area contributed by atoms with Crippen molar-refractivity contribution in [2.75, 3.05) is 0 Å². The number of rotatable bonds is 2. The van der Waals surface area contributed by atoms with E-state index in [1.165, 1.54) is 25.0 Å². The fourth-order valence-electron chi connectivity index (χ4n) is 5.86. The first-order valence-corrected chi connectivity index (χ1v) is 9.82. The zero-order chi connectivity index (χ0) is 19.3. The highest BCUT2D eigenvalue weighted by Gasteiger charge is 2.59. The Kier molecular flexibility index (Phi) is 4.36. The van der Waals surface area contributed by atoms with Crippen LogP contribution >= 0.6 is 0 Å². The van der Waals surface area contributed by atoms with Gasteiger partial charge in [-0.15, -0.1) is 0 Å². The number of aryl methyl sites for hydroxylation is 1. The molecule has 5 nitrogen and oxygen atoms in total. The van der Waals surface area contributed by atoms with Gasteiger partial charge < -0.3 is 9.47 Å². The third kappa shape index (κ3) is 2.97. The normalized spacial score (nSPS) is 34.3. The molecule has 2 fully saturated rings. The van der Waals surface area contributed by atoms with Crippen molar-refractivity contribution in [1.29, 1.82) is 0 Å². The minimum atomic E-state index is -0.580. The molecule has 144 valence electrons. The number of ketones is 1. The first kappa shape index (κ1) is 18.2. The van der Waals surface area contributed by atoms with Crippen LogP contribution < -0.4 is 4.74 Å². The minimum Gasteiger partial charge on any atom is -0.455 e. The standard InChI is InChI=1S/C22H26O5/c1-12(23)26-15-5-7-16-14(10-15)4-6-18-17(16)8-9-22(3)19(18)11-20(21(22)25)27-13(2)24/h5,7,10,17-20H,4,6,8-9,11H2,1-3H3/t17?,18?,19?,20-,22?/m1/s1. The molecule has 4 rings (SSSR count). The summed E-state index contributed by atoms with van der Waals surface area (Å²) in [5.74, 6) is 1.14. The third-order valence-electron chi connectivity index (χ3n) is 6.98. The van der Waals surface area contributed by atoms with E-state index in [2.05, 4.69) is 13.0 Å². The summed E-state index contributed by atoms with van der Waals surface area (Å²) in [6.07, 6.45) is 3.81. The van der Waals surface area contributed by atoms with E-state index in [9.17, 15) is 14.4 Å². The van der Waals surface area contributed by atoms with Crippen molar-refractivity contribution in [1.82, 2.24) is 0 Å². The maximum atomic E-state index is 12.9. The van der Waals surface area contributed by atoms with Gasteiger partial charge in [-0.3, -0.25) is 14.4 Å². The summed E-state index contributed by atoms with van der Waals surface area (Å²) in [6, 6.07) is 5.95. The Balaban J connectivity index is 1.61. The number of Topliss-reactive ketones (excluding diaryl/α,β-unsaturated/α-hetero) is 1. The van der Waals surface area contributed by atoms with Crippen molar-refractivity contribution in [3.05, 3.63) is 29.3 Å². The lowest BCUT2D eigenvalue weighted by Crippen LogP contribution is -2.43. The van der Waals surface area contributed by atoms with Gasteiger partial charge in [0.2, 0.25) is 0 Å². The Bertz CT molecular complexity index is 813. The molecule has 1 aromatic rings. The van der Waals surface area contributed by atoms with Crippen molar-refractivity contribution in [3.8, 4) is 5.75 Å². The van der Waals surface area contributed by atoms with Gasteiger partial charge in [-0.2, -0.15) is 0 Å². The lowest BCUT2D eigenvalue weighted by atomic mass is 9.55. The van der Waals surface area contributed by atoms with E-state index in [-0.39, 0.29) is 29.1 Å². The topological polar surface area (TPSA) is 69.7 Å². The predicted octanol–water partition coefficient (Wildman–Crippen LogP) is 3.58. The van der Waals surface area contributed by atoms with Crippen molar-refractivity contribution >= 4 is 17.7 Å². The zero-order valence-electron chi connectivity index (χ0n) is 16.1. The van der Waals surface area contributed by atoms with Gasteiger partial charge in [0, 0.05) is 19.3 Å². The monoisotopic (exact) mass is 370 g/mol. The largest absolute Gasteiger partial charge is 0.455 e. The fourth-order valence-corrected chi connectivity index (χ4v) is 5.86. The van der Waals surface area contributed by atoms with Crippen LogP contribution in [0.3, 0.4) is 0 Å². The third-order valence-corrected chi connectivity index (χ3v) is 6.98. The predicted molar refractivity (Wildman–Crippen MR) is 98.3 cm³/mol. The fraction of sp³-hybridized carbons (Fsp3) is 0.591. The number of hydrogen-bond donors (Lipinski definition) is 0. The molecule has 0 aromatic heterocycles. The lowest BCUT2D eigenvalue weighted by molar-refractivity contribution is -0.153. The molecule has 0 heterocycles. The van der Waals surface area contributed by atoms with E-state index in [0.717, 1.165) is 25.7 Å². The molecule has 0 spiro atoms. The summed E-state index contributed by atoms with van der Waals surface area (Å²) in [7, 11) is 0. The zero-order valence-corrected chi connectivity index (χ0v) is 16.1. The second-order valence-corrected chi connectivity index (χ2v) is 8.52. The van der Waals surface area contributed by atoms with E-state index < -0.39 is 6.10 Å². The van der Waals surface area contributed by atoms with Crippen molar-refractivity contribution in [2.24, 2.45) is 17.3 Å². The molecule has 0 aliphatic heterocycles. The van der Waals surface area contributed by atoms with Gasteiger partial charge in [0.05, 0.1) is 0 Å². The first-order valence-electron chi connectivity index (χ1n) is 9.82. The Morgan fingerprint density at radius 2 is 1.93 bits per heavy atom. The van der Waals surface area contributed by atoms with Crippen LogP contribution in [0.25, 0.3) is 0 Å². The quantitative estimate of drug-likeness (QED) is 0.588. The summed E-state index contributed by atoms with van der Waals surface area (Å²) in [5, 5.41) is 0. The van der Waals surface area contributed by atoms with Gasteiger partial charge in [0.15, 0.2) is 11.9 Å². The SMILES string of the molecule is CC(=O)Oc1ccc2c(c1)CCC1C2CCC2(C)C(=O)[C@H](OC(C)=O)CC12.